The molecule has 1 unspecified atom stereocenters. The first-order valence-electron chi connectivity index (χ1n) is 9.39. The summed E-state index contributed by atoms with van der Waals surface area (Å²) in [5, 5.41) is 14.0. The Labute approximate surface area is 159 Å². The van der Waals surface area contributed by atoms with Gasteiger partial charge in [0.1, 0.15) is 5.82 Å². The minimum Gasteiger partial charge on any atom is -0.478 e. The molecule has 27 heavy (non-hydrogen) atoms. The fourth-order valence-corrected chi connectivity index (χ4v) is 3.11. The predicted molar refractivity (Wildman–Crippen MR) is 106 cm³/mol. The number of aryl methyl sites for hydroxylation is 1. The summed E-state index contributed by atoms with van der Waals surface area (Å²) >= 11 is 0. The summed E-state index contributed by atoms with van der Waals surface area (Å²) < 4.78 is 2.03. The zero-order valence-electron chi connectivity index (χ0n) is 16.0. The van der Waals surface area contributed by atoms with Crippen LogP contribution in [0.3, 0.4) is 0 Å². The van der Waals surface area contributed by atoms with Crippen LogP contribution in [0.25, 0.3) is 11.1 Å². The highest BCUT2D eigenvalue weighted by atomic mass is 16.4. The van der Waals surface area contributed by atoms with Crippen LogP contribution in [0.15, 0.2) is 48.5 Å². The van der Waals surface area contributed by atoms with Crippen LogP contribution in [-0.2, 0) is 12.8 Å². The van der Waals surface area contributed by atoms with Gasteiger partial charge < -0.3 is 5.11 Å². The van der Waals surface area contributed by atoms with Crippen molar-refractivity contribution in [2.75, 3.05) is 0 Å². The topological polar surface area (TPSA) is 68.0 Å². The molecule has 1 N–H and O–H groups in total. The van der Waals surface area contributed by atoms with E-state index in [1.807, 2.05) is 41.1 Å². The van der Waals surface area contributed by atoms with Gasteiger partial charge in [0.15, 0.2) is 5.82 Å². The van der Waals surface area contributed by atoms with Gasteiger partial charge in [-0.25, -0.2) is 14.5 Å². The third-order valence-corrected chi connectivity index (χ3v) is 4.85. The molecule has 1 atom stereocenters. The van der Waals surface area contributed by atoms with E-state index in [1.165, 1.54) is 0 Å². The molecule has 0 amide bonds. The first-order chi connectivity index (χ1) is 13.0. The maximum atomic E-state index is 11.4. The zero-order chi connectivity index (χ0) is 19.4. The molecule has 140 valence electrons. The van der Waals surface area contributed by atoms with Crippen molar-refractivity contribution >= 4 is 5.97 Å². The Hall–Kier alpha value is -2.95. The second kappa shape index (κ2) is 8.16. The molecule has 0 fully saturated rings. The number of carboxylic acids is 1. The van der Waals surface area contributed by atoms with Gasteiger partial charge in [0.2, 0.25) is 0 Å². The van der Waals surface area contributed by atoms with Gasteiger partial charge in [-0.1, -0.05) is 56.3 Å². The molecule has 3 rings (SSSR count). The number of benzene rings is 2. The number of aromatic nitrogens is 3. The molecule has 3 aromatic rings. The summed E-state index contributed by atoms with van der Waals surface area (Å²) in [6, 6.07) is 15.4. The Morgan fingerprint density at radius 2 is 1.81 bits per heavy atom. The third-order valence-electron chi connectivity index (χ3n) is 4.85. The zero-order valence-corrected chi connectivity index (χ0v) is 16.0. The van der Waals surface area contributed by atoms with Gasteiger partial charge >= 0.3 is 5.97 Å². The van der Waals surface area contributed by atoms with Crippen molar-refractivity contribution in [3.8, 4) is 11.1 Å². The fraction of sp³-hybridized carbons (Fsp3) is 0.318. The average Bonchev–Trinajstić information content (AvgIpc) is 3.11. The molecule has 0 spiro atoms. The molecule has 0 bridgehead atoms. The van der Waals surface area contributed by atoms with Crippen LogP contribution in [0, 0.1) is 0 Å². The summed E-state index contributed by atoms with van der Waals surface area (Å²) in [7, 11) is 0. The van der Waals surface area contributed by atoms with E-state index in [0.29, 0.717) is 18.0 Å². The van der Waals surface area contributed by atoms with Crippen LogP contribution in [0.2, 0.25) is 0 Å². The predicted octanol–water partition coefficient (Wildman–Crippen LogP) is 4.77. The molecule has 0 aliphatic heterocycles. The molecular formula is C22H25N3O2. The molecule has 1 aromatic heterocycles. The highest BCUT2D eigenvalue weighted by Crippen LogP contribution is 2.25. The lowest BCUT2D eigenvalue weighted by Gasteiger charge is -2.12. The normalized spacial score (nSPS) is 12.1. The van der Waals surface area contributed by atoms with Crippen molar-refractivity contribution in [3.05, 3.63) is 71.3 Å². The second-order valence-electron chi connectivity index (χ2n) is 6.72. The van der Waals surface area contributed by atoms with Crippen LogP contribution in [0.1, 0.15) is 60.8 Å². The number of aromatic carboxylic acids is 1. The largest absolute Gasteiger partial charge is 0.478 e. The molecule has 0 saturated heterocycles. The average molecular weight is 363 g/mol. The summed E-state index contributed by atoms with van der Waals surface area (Å²) in [6.07, 6.45) is 2.53. The van der Waals surface area contributed by atoms with Crippen LogP contribution in [0.5, 0.6) is 0 Å². The SMILES string of the molecule is CCc1nc(Cc2ccc(-c3ccccc3C(=O)O)cc2)n(C(C)CC)n1. The van der Waals surface area contributed by atoms with Gasteiger partial charge in [-0.15, -0.1) is 0 Å². The maximum Gasteiger partial charge on any atom is 0.336 e. The molecule has 5 nitrogen and oxygen atoms in total. The first kappa shape index (κ1) is 18.8. The van der Waals surface area contributed by atoms with Crippen LogP contribution in [0.4, 0.5) is 0 Å². The minimum absolute atomic E-state index is 0.314. The molecule has 0 radical (unpaired) electrons. The van der Waals surface area contributed by atoms with Crippen molar-refractivity contribution in [3.63, 3.8) is 0 Å². The molecule has 0 aliphatic carbocycles. The lowest BCUT2D eigenvalue weighted by atomic mass is 9.98. The van der Waals surface area contributed by atoms with Gasteiger partial charge in [0, 0.05) is 12.8 Å². The van der Waals surface area contributed by atoms with Crippen LogP contribution < -0.4 is 0 Å². The summed E-state index contributed by atoms with van der Waals surface area (Å²) in [4.78, 5) is 16.1. The van der Waals surface area contributed by atoms with E-state index in [1.54, 1.807) is 12.1 Å². The maximum absolute atomic E-state index is 11.4. The Balaban J connectivity index is 1.87. The highest BCUT2D eigenvalue weighted by molar-refractivity contribution is 5.95. The Morgan fingerprint density at radius 3 is 2.44 bits per heavy atom. The fourth-order valence-electron chi connectivity index (χ4n) is 3.11. The van der Waals surface area contributed by atoms with Gasteiger partial charge in [0.25, 0.3) is 0 Å². The van der Waals surface area contributed by atoms with Crippen molar-refractivity contribution in [1.82, 2.24) is 14.8 Å². The lowest BCUT2D eigenvalue weighted by Crippen LogP contribution is -2.11. The van der Waals surface area contributed by atoms with E-state index in [9.17, 15) is 9.90 Å². The van der Waals surface area contributed by atoms with Gasteiger partial charge in [0.05, 0.1) is 11.6 Å². The van der Waals surface area contributed by atoms with E-state index in [2.05, 4.69) is 30.9 Å². The monoisotopic (exact) mass is 363 g/mol. The minimum atomic E-state index is -0.913. The van der Waals surface area contributed by atoms with Crippen LogP contribution >= 0.6 is 0 Å². The Bertz CT molecular complexity index is 929. The van der Waals surface area contributed by atoms with E-state index in [-0.39, 0.29) is 0 Å². The van der Waals surface area contributed by atoms with E-state index in [4.69, 9.17) is 0 Å². The van der Waals surface area contributed by atoms with Crippen molar-refractivity contribution in [2.24, 2.45) is 0 Å². The molecule has 5 heteroatoms. The third kappa shape index (κ3) is 4.08. The standard InChI is InChI=1S/C22H25N3O2/c1-4-15(3)25-21(23-20(5-2)24-25)14-16-10-12-17(13-11-16)18-8-6-7-9-19(18)22(26)27/h6-13,15H,4-5,14H2,1-3H3,(H,26,27). The molecule has 1 heterocycles. The summed E-state index contributed by atoms with van der Waals surface area (Å²) in [6.45, 7) is 6.37. The van der Waals surface area contributed by atoms with Gasteiger partial charge in [-0.3, -0.25) is 0 Å². The van der Waals surface area contributed by atoms with Gasteiger partial charge in [-0.2, -0.15) is 5.10 Å². The lowest BCUT2D eigenvalue weighted by molar-refractivity contribution is 0.0697. The van der Waals surface area contributed by atoms with Crippen molar-refractivity contribution < 1.29 is 9.90 Å². The molecule has 0 aliphatic rings. The number of nitrogens with zero attached hydrogens (tertiary/aromatic N) is 3. The van der Waals surface area contributed by atoms with Crippen molar-refractivity contribution in [1.29, 1.82) is 0 Å². The van der Waals surface area contributed by atoms with E-state index >= 15 is 0 Å². The number of hydrogen-bond donors (Lipinski definition) is 1. The number of carboxylic acid groups (broad SMARTS) is 1. The Kier molecular flexibility index (Phi) is 5.69. The molecule has 0 saturated carbocycles. The van der Waals surface area contributed by atoms with E-state index in [0.717, 1.165) is 41.2 Å². The molecule has 2 aromatic carbocycles. The highest BCUT2D eigenvalue weighted by Gasteiger charge is 2.15. The molecular weight excluding hydrogens is 338 g/mol. The van der Waals surface area contributed by atoms with Crippen LogP contribution in [-0.4, -0.2) is 25.8 Å². The second-order valence-corrected chi connectivity index (χ2v) is 6.72. The number of rotatable bonds is 7. The number of hydrogen-bond acceptors (Lipinski definition) is 3. The van der Waals surface area contributed by atoms with Crippen molar-refractivity contribution in [2.45, 2.75) is 46.1 Å². The smallest absolute Gasteiger partial charge is 0.336 e. The van der Waals surface area contributed by atoms with E-state index < -0.39 is 5.97 Å². The quantitative estimate of drug-likeness (QED) is 0.657. The summed E-state index contributed by atoms with van der Waals surface area (Å²) in [5.74, 6) is 0.931. The van der Waals surface area contributed by atoms with Gasteiger partial charge in [-0.05, 0) is 36.1 Å². The first-order valence-corrected chi connectivity index (χ1v) is 9.39. The number of carbonyl (C=O) groups is 1. The summed E-state index contributed by atoms with van der Waals surface area (Å²) in [5.41, 5.74) is 3.07. The Morgan fingerprint density at radius 1 is 1.11 bits per heavy atom.